The van der Waals surface area contributed by atoms with E-state index in [1.807, 2.05) is 12.1 Å². The quantitative estimate of drug-likeness (QED) is 0.811. The molecule has 0 aliphatic rings. The lowest BCUT2D eigenvalue weighted by Gasteiger charge is -2.05. The molecule has 1 aromatic carbocycles. The Morgan fingerprint density at radius 1 is 1.29 bits per heavy atom. The molecule has 0 fully saturated rings. The van der Waals surface area contributed by atoms with E-state index in [1.165, 1.54) is 0 Å². The topological polar surface area (TPSA) is 32.3 Å². The number of halogens is 3. The largest absolute Gasteiger partial charge is 0.395 e. The Balaban J connectivity index is 0.00000169. The molecule has 0 atom stereocenters. The molecule has 0 bridgehead atoms. The Bertz CT molecular complexity index is 281. The van der Waals surface area contributed by atoms with Gasteiger partial charge in [0.2, 0.25) is 0 Å². The van der Waals surface area contributed by atoms with Gasteiger partial charge in [-0.3, -0.25) is 0 Å². The molecule has 0 aliphatic heterocycles. The average molecular weight is 257 g/mol. The van der Waals surface area contributed by atoms with Gasteiger partial charge in [-0.25, -0.2) is 0 Å². The highest BCUT2D eigenvalue weighted by molar-refractivity contribution is 6.42. The molecule has 0 saturated heterocycles. The molecule has 0 radical (unpaired) electrons. The molecule has 2 N–H and O–H groups in total. The maximum atomic E-state index is 8.55. The molecule has 0 heterocycles. The number of aliphatic hydroxyl groups is 1. The van der Waals surface area contributed by atoms with Crippen molar-refractivity contribution in [3.8, 4) is 0 Å². The normalized spacial score (nSPS) is 9.64. The summed E-state index contributed by atoms with van der Waals surface area (Å²) in [4.78, 5) is 0. The van der Waals surface area contributed by atoms with Crippen LogP contribution < -0.4 is 5.32 Å². The summed E-state index contributed by atoms with van der Waals surface area (Å²) in [5.74, 6) is 0. The summed E-state index contributed by atoms with van der Waals surface area (Å²) in [5, 5.41) is 12.7. The van der Waals surface area contributed by atoms with Crippen molar-refractivity contribution in [2.24, 2.45) is 0 Å². The SMILES string of the molecule is Cl.OCCNCc1cccc(Cl)c1Cl. The molecule has 80 valence electrons. The lowest BCUT2D eigenvalue weighted by atomic mass is 10.2. The third-order valence-electron chi connectivity index (χ3n) is 1.64. The van der Waals surface area contributed by atoms with E-state index >= 15 is 0 Å². The zero-order valence-electron chi connectivity index (χ0n) is 7.46. The van der Waals surface area contributed by atoms with Gasteiger partial charge in [0.25, 0.3) is 0 Å². The number of aliphatic hydroxyl groups excluding tert-OH is 1. The molecule has 0 aliphatic carbocycles. The number of rotatable bonds is 4. The van der Waals surface area contributed by atoms with Crippen LogP contribution in [0.3, 0.4) is 0 Å². The summed E-state index contributed by atoms with van der Waals surface area (Å²) in [6.07, 6.45) is 0. The first-order valence-electron chi connectivity index (χ1n) is 4.00. The van der Waals surface area contributed by atoms with E-state index in [0.29, 0.717) is 23.1 Å². The maximum Gasteiger partial charge on any atom is 0.0637 e. The highest BCUT2D eigenvalue weighted by Crippen LogP contribution is 2.25. The van der Waals surface area contributed by atoms with Gasteiger partial charge < -0.3 is 10.4 Å². The molecule has 0 saturated carbocycles. The van der Waals surface area contributed by atoms with Crippen LogP contribution in [0.25, 0.3) is 0 Å². The van der Waals surface area contributed by atoms with Crippen molar-refractivity contribution in [2.45, 2.75) is 6.54 Å². The molecule has 1 aromatic rings. The van der Waals surface area contributed by atoms with Gasteiger partial charge >= 0.3 is 0 Å². The van der Waals surface area contributed by atoms with Crippen LogP contribution in [0, 0.1) is 0 Å². The number of nitrogens with one attached hydrogen (secondary N) is 1. The average Bonchev–Trinajstić information content (AvgIpc) is 2.13. The Morgan fingerprint density at radius 2 is 2.00 bits per heavy atom. The molecule has 5 heteroatoms. The lowest BCUT2D eigenvalue weighted by molar-refractivity contribution is 0.292. The second-order valence-corrected chi connectivity index (χ2v) is 3.40. The van der Waals surface area contributed by atoms with Gasteiger partial charge in [0.1, 0.15) is 0 Å². The van der Waals surface area contributed by atoms with E-state index in [-0.39, 0.29) is 19.0 Å². The molecule has 0 unspecified atom stereocenters. The zero-order chi connectivity index (χ0) is 9.68. The van der Waals surface area contributed by atoms with Gasteiger partial charge in [-0.2, -0.15) is 0 Å². The van der Waals surface area contributed by atoms with Crippen LogP contribution >= 0.6 is 35.6 Å². The molecular weight excluding hydrogens is 244 g/mol. The van der Waals surface area contributed by atoms with Crippen LogP contribution in [0.2, 0.25) is 10.0 Å². The van der Waals surface area contributed by atoms with Crippen molar-refractivity contribution in [1.82, 2.24) is 5.32 Å². The highest BCUT2D eigenvalue weighted by atomic mass is 35.5. The van der Waals surface area contributed by atoms with Gasteiger partial charge in [-0.1, -0.05) is 35.3 Å². The third-order valence-corrected chi connectivity index (χ3v) is 2.49. The molecule has 0 aromatic heterocycles. The van der Waals surface area contributed by atoms with Crippen molar-refractivity contribution < 1.29 is 5.11 Å². The number of hydrogen-bond donors (Lipinski definition) is 2. The Morgan fingerprint density at radius 3 is 2.64 bits per heavy atom. The lowest BCUT2D eigenvalue weighted by Crippen LogP contribution is -2.17. The molecular formula is C9H12Cl3NO. The van der Waals surface area contributed by atoms with Crippen LogP contribution in [0.15, 0.2) is 18.2 Å². The van der Waals surface area contributed by atoms with Crippen LogP contribution in [-0.4, -0.2) is 18.3 Å². The monoisotopic (exact) mass is 255 g/mol. The van der Waals surface area contributed by atoms with Gasteiger partial charge in [0, 0.05) is 13.1 Å². The van der Waals surface area contributed by atoms with E-state index in [1.54, 1.807) is 6.07 Å². The maximum absolute atomic E-state index is 8.55. The summed E-state index contributed by atoms with van der Waals surface area (Å²) in [6, 6.07) is 5.50. The van der Waals surface area contributed by atoms with Gasteiger partial charge in [-0.05, 0) is 11.6 Å². The predicted octanol–water partition coefficient (Wildman–Crippen LogP) is 2.50. The Kier molecular flexibility index (Phi) is 7.33. The molecule has 2 nitrogen and oxygen atoms in total. The van der Waals surface area contributed by atoms with Gasteiger partial charge in [-0.15, -0.1) is 12.4 Å². The van der Waals surface area contributed by atoms with E-state index in [0.717, 1.165) is 5.56 Å². The van der Waals surface area contributed by atoms with Crippen molar-refractivity contribution in [1.29, 1.82) is 0 Å². The minimum atomic E-state index is 0. The first kappa shape index (κ1) is 14.0. The highest BCUT2D eigenvalue weighted by Gasteiger charge is 2.02. The standard InChI is InChI=1S/C9H11Cl2NO.ClH/c10-8-3-1-2-7(9(8)11)6-12-4-5-13;/h1-3,12-13H,4-6H2;1H. The van der Waals surface area contributed by atoms with E-state index < -0.39 is 0 Å². The van der Waals surface area contributed by atoms with E-state index in [2.05, 4.69) is 5.32 Å². The molecule has 0 spiro atoms. The van der Waals surface area contributed by atoms with Crippen LogP contribution in [0.1, 0.15) is 5.56 Å². The van der Waals surface area contributed by atoms with E-state index in [4.69, 9.17) is 28.3 Å². The fourth-order valence-corrected chi connectivity index (χ4v) is 1.37. The van der Waals surface area contributed by atoms with Crippen LogP contribution in [0.5, 0.6) is 0 Å². The molecule has 0 amide bonds. The van der Waals surface area contributed by atoms with Crippen molar-refractivity contribution in [3.63, 3.8) is 0 Å². The summed E-state index contributed by atoms with van der Waals surface area (Å²) in [5.41, 5.74) is 0.947. The first-order chi connectivity index (χ1) is 6.25. The Labute approximate surface area is 99.6 Å². The van der Waals surface area contributed by atoms with Crippen molar-refractivity contribution in [3.05, 3.63) is 33.8 Å². The third kappa shape index (κ3) is 4.03. The minimum absolute atomic E-state index is 0. The van der Waals surface area contributed by atoms with Crippen molar-refractivity contribution in [2.75, 3.05) is 13.2 Å². The summed E-state index contributed by atoms with van der Waals surface area (Å²) in [7, 11) is 0. The van der Waals surface area contributed by atoms with Gasteiger partial charge in [0.05, 0.1) is 16.7 Å². The smallest absolute Gasteiger partial charge is 0.0637 e. The molecule has 14 heavy (non-hydrogen) atoms. The molecule has 1 rings (SSSR count). The number of hydrogen-bond acceptors (Lipinski definition) is 2. The summed E-state index contributed by atoms with van der Waals surface area (Å²) in [6.45, 7) is 1.31. The predicted molar refractivity (Wildman–Crippen MR) is 62.5 cm³/mol. The van der Waals surface area contributed by atoms with E-state index in [9.17, 15) is 0 Å². The first-order valence-corrected chi connectivity index (χ1v) is 4.75. The summed E-state index contributed by atoms with van der Waals surface area (Å²) >= 11 is 11.8. The fourth-order valence-electron chi connectivity index (χ4n) is 0.987. The van der Waals surface area contributed by atoms with Crippen molar-refractivity contribution >= 4 is 35.6 Å². The van der Waals surface area contributed by atoms with Crippen LogP contribution in [0.4, 0.5) is 0 Å². The fraction of sp³-hybridized carbons (Fsp3) is 0.333. The zero-order valence-corrected chi connectivity index (χ0v) is 9.79. The summed E-state index contributed by atoms with van der Waals surface area (Å²) < 4.78 is 0. The van der Waals surface area contributed by atoms with Crippen LogP contribution in [-0.2, 0) is 6.54 Å². The Hall–Kier alpha value is 0.01000. The second kappa shape index (κ2) is 7.32. The minimum Gasteiger partial charge on any atom is -0.395 e. The van der Waals surface area contributed by atoms with Gasteiger partial charge in [0.15, 0.2) is 0 Å². The second-order valence-electron chi connectivity index (χ2n) is 2.61. The number of benzene rings is 1.